The molecule has 0 aliphatic carbocycles. The average molecular weight is 500 g/mol. The molecule has 2 aromatic rings. The molecule has 0 radical (unpaired) electrons. The summed E-state index contributed by atoms with van der Waals surface area (Å²) in [4.78, 5) is 18.7. The van der Waals surface area contributed by atoms with Gasteiger partial charge in [-0.25, -0.2) is 4.98 Å². The Morgan fingerprint density at radius 2 is 1.91 bits per heavy atom. The van der Waals surface area contributed by atoms with E-state index in [1.54, 1.807) is 19.4 Å². The second-order valence-corrected chi connectivity index (χ2v) is 9.02. The molecule has 0 unspecified atom stereocenters. The lowest BCUT2D eigenvalue weighted by atomic mass is 10.1. The number of aromatic nitrogens is 1. The van der Waals surface area contributed by atoms with Crippen LogP contribution >= 0.6 is 12.2 Å². The van der Waals surface area contributed by atoms with E-state index in [0.29, 0.717) is 43.5 Å². The number of nitrogens with one attached hydrogen (secondary N) is 3. The predicted molar refractivity (Wildman–Crippen MR) is 143 cm³/mol. The summed E-state index contributed by atoms with van der Waals surface area (Å²) in [6.45, 7) is 5.15. The van der Waals surface area contributed by atoms with Gasteiger partial charge in [-0.15, -0.1) is 0 Å². The van der Waals surface area contributed by atoms with E-state index in [2.05, 4.69) is 44.0 Å². The second-order valence-electron chi connectivity index (χ2n) is 8.61. The van der Waals surface area contributed by atoms with Crippen LogP contribution in [0.4, 0.5) is 5.69 Å². The van der Waals surface area contributed by atoms with Crippen LogP contribution < -0.4 is 25.4 Å². The van der Waals surface area contributed by atoms with Gasteiger partial charge < -0.3 is 25.4 Å². The molecule has 0 bridgehead atoms. The molecule has 35 heavy (non-hydrogen) atoms. The van der Waals surface area contributed by atoms with Gasteiger partial charge in [-0.1, -0.05) is 18.6 Å². The van der Waals surface area contributed by atoms with Crippen LogP contribution in [-0.2, 0) is 11.3 Å². The highest BCUT2D eigenvalue weighted by atomic mass is 32.1. The van der Waals surface area contributed by atoms with Crippen LogP contribution in [0.25, 0.3) is 0 Å². The third-order valence-corrected chi connectivity index (χ3v) is 5.98. The molecule has 0 atom stereocenters. The molecule has 1 fully saturated rings. The lowest BCUT2D eigenvalue weighted by Crippen LogP contribution is -2.31. The van der Waals surface area contributed by atoms with Gasteiger partial charge in [-0.3, -0.25) is 9.69 Å². The Morgan fingerprint density at radius 1 is 1.09 bits per heavy atom. The Kier molecular flexibility index (Phi) is 11.6. The number of anilines is 1. The quantitative estimate of drug-likeness (QED) is 0.284. The van der Waals surface area contributed by atoms with Gasteiger partial charge in [-0.05, 0) is 74.8 Å². The van der Waals surface area contributed by atoms with E-state index in [0.717, 1.165) is 24.4 Å². The lowest BCUT2D eigenvalue weighted by Gasteiger charge is -2.26. The van der Waals surface area contributed by atoms with Crippen LogP contribution in [0.15, 0.2) is 42.6 Å². The van der Waals surface area contributed by atoms with Gasteiger partial charge in [0.05, 0.1) is 25.6 Å². The van der Waals surface area contributed by atoms with Crippen LogP contribution in [0.1, 0.15) is 44.1 Å². The first-order valence-corrected chi connectivity index (χ1v) is 12.8. The Morgan fingerprint density at radius 3 is 2.69 bits per heavy atom. The number of thiocarbonyl (C=S) groups is 1. The topological polar surface area (TPSA) is 87.8 Å². The zero-order valence-corrected chi connectivity index (χ0v) is 21.4. The molecular formula is C26H37N5O3S. The van der Waals surface area contributed by atoms with Crippen molar-refractivity contribution in [2.45, 2.75) is 45.1 Å². The summed E-state index contributed by atoms with van der Waals surface area (Å²) in [5.41, 5.74) is 2.07. The fourth-order valence-corrected chi connectivity index (χ4v) is 4.11. The zero-order valence-electron chi connectivity index (χ0n) is 20.6. The third-order valence-electron chi connectivity index (χ3n) is 5.73. The number of carbonyl (C=O) groups excluding carboxylic acids is 1. The monoisotopic (exact) mass is 499 g/mol. The van der Waals surface area contributed by atoms with Gasteiger partial charge >= 0.3 is 0 Å². The fraction of sp³-hybridized carbons (Fsp3) is 0.500. The van der Waals surface area contributed by atoms with E-state index >= 15 is 0 Å². The molecule has 190 valence electrons. The van der Waals surface area contributed by atoms with Gasteiger partial charge in [0.25, 0.3) is 0 Å². The van der Waals surface area contributed by atoms with E-state index in [-0.39, 0.29) is 5.91 Å². The first kappa shape index (κ1) is 26.7. The number of rotatable bonds is 13. The number of methoxy groups -OCH3 is 1. The van der Waals surface area contributed by atoms with Gasteiger partial charge in [0, 0.05) is 32.1 Å². The maximum absolute atomic E-state index is 12.1. The van der Waals surface area contributed by atoms with E-state index in [1.165, 1.54) is 37.9 Å². The van der Waals surface area contributed by atoms with Crippen molar-refractivity contribution in [1.29, 1.82) is 0 Å². The van der Waals surface area contributed by atoms with Crippen molar-refractivity contribution in [3.05, 3.63) is 48.2 Å². The predicted octanol–water partition coefficient (Wildman–Crippen LogP) is 3.73. The molecule has 0 saturated carbocycles. The summed E-state index contributed by atoms with van der Waals surface area (Å²) in [6.07, 6.45) is 7.49. The van der Waals surface area contributed by atoms with Crippen LogP contribution in [-0.4, -0.2) is 60.8 Å². The normalized spacial score (nSPS) is 13.6. The van der Waals surface area contributed by atoms with Crippen LogP contribution in [0.3, 0.4) is 0 Å². The smallest absolute Gasteiger partial charge is 0.220 e. The number of hydrogen-bond acceptors (Lipinski definition) is 6. The Bertz CT molecular complexity index is 919. The minimum absolute atomic E-state index is 0.0357. The molecule has 1 saturated heterocycles. The molecule has 1 amide bonds. The maximum atomic E-state index is 12.1. The maximum Gasteiger partial charge on any atom is 0.220 e. The number of piperidine rings is 1. The Hall–Kier alpha value is -2.91. The van der Waals surface area contributed by atoms with Crippen molar-refractivity contribution in [3.8, 4) is 11.6 Å². The van der Waals surface area contributed by atoms with Crippen molar-refractivity contribution in [2.24, 2.45) is 0 Å². The minimum Gasteiger partial charge on any atom is -0.494 e. The highest BCUT2D eigenvalue weighted by molar-refractivity contribution is 7.80. The lowest BCUT2D eigenvalue weighted by molar-refractivity contribution is -0.121. The van der Waals surface area contributed by atoms with Crippen molar-refractivity contribution in [2.75, 3.05) is 45.2 Å². The highest BCUT2D eigenvalue weighted by Gasteiger charge is 2.10. The fourth-order valence-electron chi connectivity index (χ4n) is 3.89. The number of pyridine rings is 1. The average Bonchev–Trinajstić information content (AvgIpc) is 2.88. The van der Waals surface area contributed by atoms with Crippen molar-refractivity contribution < 1.29 is 14.3 Å². The van der Waals surface area contributed by atoms with E-state index in [4.69, 9.17) is 21.7 Å². The van der Waals surface area contributed by atoms with Crippen molar-refractivity contribution in [3.63, 3.8) is 0 Å². The first-order valence-electron chi connectivity index (χ1n) is 12.4. The van der Waals surface area contributed by atoms with Gasteiger partial charge in [0.1, 0.15) is 5.75 Å². The van der Waals surface area contributed by atoms with E-state index in [9.17, 15) is 4.79 Å². The molecular weight excluding hydrogens is 462 g/mol. The molecule has 1 aromatic heterocycles. The van der Waals surface area contributed by atoms with E-state index < -0.39 is 0 Å². The van der Waals surface area contributed by atoms with Crippen LogP contribution in [0.2, 0.25) is 0 Å². The van der Waals surface area contributed by atoms with Crippen LogP contribution in [0.5, 0.6) is 11.6 Å². The second kappa shape index (κ2) is 15.2. The Labute approximate surface area is 213 Å². The van der Waals surface area contributed by atoms with Crippen molar-refractivity contribution >= 4 is 28.9 Å². The summed E-state index contributed by atoms with van der Waals surface area (Å²) in [5.74, 6) is 1.48. The van der Waals surface area contributed by atoms with Gasteiger partial charge in [0.2, 0.25) is 11.8 Å². The molecule has 1 aliphatic heterocycles. The summed E-state index contributed by atoms with van der Waals surface area (Å²) in [5, 5.41) is 9.60. The molecule has 0 spiro atoms. The number of benzene rings is 1. The number of nitrogens with zero attached hydrogens (tertiary/aromatic N) is 2. The molecule has 1 aromatic carbocycles. The number of likely N-dealkylation sites (tertiary alicyclic amines) is 1. The largest absolute Gasteiger partial charge is 0.494 e. The number of hydrogen-bond donors (Lipinski definition) is 3. The number of carbonyl (C=O) groups is 1. The zero-order chi connectivity index (χ0) is 24.7. The molecule has 8 nitrogen and oxygen atoms in total. The molecule has 3 N–H and O–H groups in total. The molecule has 3 rings (SSSR count). The molecule has 1 aliphatic rings. The van der Waals surface area contributed by atoms with Gasteiger partial charge in [-0.2, -0.15) is 0 Å². The summed E-state index contributed by atoms with van der Waals surface area (Å²) in [7, 11) is 1.57. The highest BCUT2D eigenvalue weighted by Crippen LogP contribution is 2.17. The Balaban J connectivity index is 1.21. The summed E-state index contributed by atoms with van der Waals surface area (Å²) >= 11 is 5.27. The SMILES string of the molecule is COc1ccc(NC(=S)NCCCC(=O)NCCCOc2cccc(CN3CCCCC3)c2)cn1. The summed E-state index contributed by atoms with van der Waals surface area (Å²) < 4.78 is 10.9. The summed E-state index contributed by atoms with van der Waals surface area (Å²) in [6, 6.07) is 11.9. The minimum atomic E-state index is 0.0357. The standard InChI is InChI=1S/C26H37N5O3S/c1-33-25-12-11-22(19-29-25)30-26(35)28-13-6-10-24(32)27-14-7-17-34-23-9-5-8-21(18-23)20-31-15-3-2-4-16-31/h5,8-9,11-12,18-19H,2-4,6-7,10,13-17,20H2,1H3,(H,27,32)(H2,28,30,35). The first-order chi connectivity index (χ1) is 17.1. The molecule has 2 heterocycles. The van der Waals surface area contributed by atoms with E-state index in [1.807, 2.05) is 12.1 Å². The van der Waals surface area contributed by atoms with Crippen LogP contribution in [0, 0.1) is 0 Å². The molecule has 9 heteroatoms. The number of ether oxygens (including phenoxy) is 2. The van der Waals surface area contributed by atoms with Crippen molar-refractivity contribution in [1.82, 2.24) is 20.5 Å². The number of amides is 1. The third kappa shape index (κ3) is 10.5. The van der Waals surface area contributed by atoms with Gasteiger partial charge in [0.15, 0.2) is 5.11 Å².